The maximum atomic E-state index is 9.86. The van der Waals surface area contributed by atoms with Crippen molar-refractivity contribution in [1.29, 1.82) is 0 Å². The molecule has 0 radical (unpaired) electrons. The van der Waals surface area contributed by atoms with Crippen LogP contribution in [-0.2, 0) is 0 Å². The standard InChI is InChI=1S/C12H19NO2/c1-8-5-9(2)7-10(6-8)12(15)11(14)3-4-13/h5-7,11-12,14-15H,3-4,13H2,1-2H3. The highest BCUT2D eigenvalue weighted by molar-refractivity contribution is 5.30. The number of rotatable bonds is 4. The van der Waals surface area contributed by atoms with Crippen LogP contribution in [0.25, 0.3) is 0 Å². The van der Waals surface area contributed by atoms with Crippen LogP contribution in [0.4, 0.5) is 0 Å². The normalized spacial score (nSPS) is 15.0. The molecule has 3 heteroatoms. The summed E-state index contributed by atoms with van der Waals surface area (Å²) in [6, 6.07) is 5.81. The van der Waals surface area contributed by atoms with Crippen molar-refractivity contribution in [3.8, 4) is 0 Å². The molecule has 4 N–H and O–H groups in total. The Labute approximate surface area is 90.5 Å². The van der Waals surface area contributed by atoms with Gasteiger partial charge in [0.05, 0.1) is 6.10 Å². The summed E-state index contributed by atoms with van der Waals surface area (Å²) >= 11 is 0. The molecule has 0 aromatic heterocycles. The molecular formula is C12H19NO2. The molecule has 15 heavy (non-hydrogen) atoms. The zero-order chi connectivity index (χ0) is 11.4. The molecular weight excluding hydrogens is 190 g/mol. The molecule has 0 aliphatic heterocycles. The van der Waals surface area contributed by atoms with Gasteiger partial charge in [-0.3, -0.25) is 0 Å². The van der Waals surface area contributed by atoms with Gasteiger partial charge in [0.2, 0.25) is 0 Å². The lowest BCUT2D eigenvalue weighted by atomic mass is 9.98. The van der Waals surface area contributed by atoms with Crippen molar-refractivity contribution in [2.45, 2.75) is 32.5 Å². The third-order valence-corrected chi connectivity index (χ3v) is 2.41. The molecule has 2 unspecified atom stereocenters. The number of aliphatic hydroxyl groups excluding tert-OH is 2. The SMILES string of the molecule is Cc1cc(C)cc(C(O)C(O)CCN)c1. The highest BCUT2D eigenvalue weighted by Crippen LogP contribution is 2.21. The van der Waals surface area contributed by atoms with Crippen molar-refractivity contribution in [3.63, 3.8) is 0 Å². The lowest BCUT2D eigenvalue weighted by Crippen LogP contribution is -2.21. The van der Waals surface area contributed by atoms with Crippen LogP contribution >= 0.6 is 0 Å². The summed E-state index contributed by atoms with van der Waals surface area (Å²) in [6.07, 6.45) is -1.21. The minimum atomic E-state index is -0.841. The average molecular weight is 209 g/mol. The first kappa shape index (κ1) is 12.2. The molecule has 0 spiro atoms. The second-order valence-corrected chi connectivity index (χ2v) is 4.01. The number of hydrogen-bond acceptors (Lipinski definition) is 3. The Balaban J connectivity index is 2.85. The van der Waals surface area contributed by atoms with Crippen LogP contribution in [0.2, 0.25) is 0 Å². The van der Waals surface area contributed by atoms with E-state index in [9.17, 15) is 10.2 Å². The third-order valence-electron chi connectivity index (χ3n) is 2.41. The molecule has 0 saturated carbocycles. The molecule has 0 bridgehead atoms. The van der Waals surface area contributed by atoms with E-state index in [2.05, 4.69) is 0 Å². The second kappa shape index (κ2) is 5.26. The number of aliphatic hydroxyl groups is 2. The fourth-order valence-electron chi connectivity index (χ4n) is 1.73. The summed E-state index contributed by atoms with van der Waals surface area (Å²) in [5.74, 6) is 0. The van der Waals surface area contributed by atoms with Gasteiger partial charge in [0.15, 0.2) is 0 Å². The molecule has 0 aliphatic rings. The molecule has 1 aromatic carbocycles. The molecule has 1 rings (SSSR count). The Kier molecular flexibility index (Phi) is 4.27. The minimum absolute atomic E-state index is 0.378. The van der Waals surface area contributed by atoms with Crippen LogP contribution in [0.5, 0.6) is 0 Å². The van der Waals surface area contributed by atoms with Gasteiger partial charge in [0, 0.05) is 0 Å². The van der Waals surface area contributed by atoms with E-state index in [0.717, 1.165) is 16.7 Å². The zero-order valence-electron chi connectivity index (χ0n) is 9.27. The Morgan fingerprint density at radius 1 is 1.13 bits per heavy atom. The van der Waals surface area contributed by atoms with Crippen LogP contribution in [0.3, 0.4) is 0 Å². The van der Waals surface area contributed by atoms with Crippen molar-refractivity contribution in [2.75, 3.05) is 6.54 Å². The zero-order valence-corrected chi connectivity index (χ0v) is 9.27. The maximum absolute atomic E-state index is 9.86. The van der Waals surface area contributed by atoms with Gasteiger partial charge in [-0.15, -0.1) is 0 Å². The van der Waals surface area contributed by atoms with Crippen LogP contribution in [0.15, 0.2) is 18.2 Å². The fraction of sp³-hybridized carbons (Fsp3) is 0.500. The molecule has 3 nitrogen and oxygen atoms in total. The van der Waals surface area contributed by atoms with E-state index >= 15 is 0 Å². The molecule has 0 amide bonds. The van der Waals surface area contributed by atoms with E-state index in [1.165, 1.54) is 0 Å². The maximum Gasteiger partial charge on any atom is 0.105 e. The van der Waals surface area contributed by atoms with Gasteiger partial charge in [-0.2, -0.15) is 0 Å². The van der Waals surface area contributed by atoms with Crippen LogP contribution in [0.1, 0.15) is 29.2 Å². The van der Waals surface area contributed by atoms with E-state index in [-0.39, 0.29) is 0 Å². The predicted octanol–water partition coefficient (Wildman–Crippen LogP) is 1.05. The Morgan fingerprint density at radius 2 is 1.67 bits per heavy atom. The fourth-order valence-corrected chi connectivity index (χ4v) is 1.73. The van der Waals surface area contributed by atoms with E-state index in [1.807, 2.05) is 32.0 Å². The van der Waals surface area contributed by atoms with E-state index in [4.69, 9.17) is 5.73 Å². The number of aryl methyl sites for hydroxylation is 2. The number of benzene rings is 1. The first-order valence-electron chi connectivity index (χ1n) is 5.19. The first-order chi connectivity index (χ1) is 7.04. The topological polar surface area (TPSA) is 66.5 Å². The molecule has 1 aromatic rings. The van der Waals surface area contributed by atoms with E-state index in [0.29, 0.717) is 13.0 Å². The highest BCUT2D eigenvalue weighted by atomic mass is 16.3. The Morgan fingerprint density at radius 3 is 2.13 bits per heavy atom. The van der Waals surface area contributed by atoms with Gasteiger partial charge < -0.3 is 15.9 Å². The largest absolute Gasteiger partial charge is 0.390 e. The molecule has 0 aliphatic carbocycles. The Hall–Kier alpha value is -0.900. The molecule has 0 heterocycles. The lowest BCUT2D eigenvalue weighted by Gasteiger charge is -2.18. The molecule has 2 atom stereocenters. The minimum Gasteiger partial charge on any atom is -0.390 e. The lowest BCUT2D eigenvalue weighted by molar-refractivity contribution is 0.0150. The second-order valence-electron chi connectivity index (χ2n) is 4.01. The van der Waals surface area contributed by atoms with Crippen LogP contribution in [-0.4, -0.2) is 22.9 Å². The predicted molar refractivity (Wildman–Crippen MR) is 60.6 cm³/mol. The third kappa shape index (κ3) is 3.30. The van der Waals surface area contributed by atoms with Crippen molar-refractivity contribution < 1.29 is 10.2 Å². The van der Waals surface area contributed by atoms with E-state index in [1.54, 1.807) is 0 Å². The van der Waals surface area contributed by atoms with Gasteiger partial charge in [-0.25, -0.2) is 0 Å². The van der Waals surface area contributed by atoms with Gasteiger partial charge in [0.25, 0.3) is 0 Å². The molecule has 84 valence electrons. The number of hydrogen-bond donors (Lipinski definition) is 3. The summed E-state index contributed by atoms with van der Waals surface area (Å²) in [5, 5.41) is 19.5. The van der Waals surface area contributed by atoms with Gasteiger partial charge in [-0.05, 0) is 32.4 Å². The van der Waals surface area contributed by atoms with Crippen molar-refractivity contribution in [1.82, 2.24) is 0 Å². The number of nitrogens with two attached hydrogens (primary N) is 1. The molecule has 0 saturated heterocycles. The average Bonchev–Trinajstić information content (AvgIpc) is 2.15. The van der Waals surface area contributed by atoms with Crippen molar-refractivity contribution in [2.24, 2.45) is 5.73 Å². The van der Waals surface area contributed by atoms with E-state index < -0.39 is 12.2 Å². The quantitative estimate of drug-likeness (QED) is 0.694. The smallest absolute Gasteiger partial charge is 0.105 e. The summed E-state index contributed by atoms with van der Waals surface area (Å²) < 4.78 is 0. The van der Waals surface area contributed by atoms with Crippen LogP contribution < -0.4 is 5.73 Å². The van der Waals surface area contributed by atoms with Gasteiger partial charge in [-0.1, -0.05) is 29.3 Å². The van der Waals surface area contributed by atoms with Crippen molar-refractivity contribution >= 4 is 0 Å². The Bertz CT molecular complexity index is 305. The van der Waals surface area contributed by atoms with Gasteiger partial charge >= 0.3 is 0 Å². The first-order valence-corrected chi connectivity index (χ1v) is 5.19. The monoisotopic (exact) mass is 209 g/mol. The highest BCUT2D eigenvalue weighted by Gasteiger charge is 2.17. The summed E-state index contributed by atoms with van der Waals surface area (Å²) in [4.78, 5) is 0. The molecule has 0 fully saturated rings. The summed E-state index contributed by atoms with van der Waals surface area (Å²) in [7, 11) is 0. The summed E-state index contributed by atoms with van der Waals surface area (Å²) in [5.41, 5.74) is 8.27. The van der Waals surface area contributed by atoms with Gasteiger partial charge in [0.1, 0.15) is 6.10 Å². The van der Waals surface area contributed by atoms with Crippen molar-refractivity contribution in [3.05, 3.63) is 34.9 Å². The summed E-state index contributed by atoms with van der Waals surface area (Å²) in [6.45, 7) is 4.32. The van der Waals surface area contributed by atoms with Crippen LogP contribution in [0, 0.1) is 13.8 Å².